The number of carbonyl (C=O) groups is 2. The van der Waals surface area contributed by atoms with Gasteiger partial charge >= 0.3 is 11.9 Å². The molecule has 0 aliphatic heterocycles. The highest BCUT2D eigenvalue weighted by Gasteiger charge is 2.22. The van der Waals surface area contributed by atoms with Gasteiger partial charge in [-0.25, -0.2) is 0 Å². The summed E-state index contributed by atoms with van der Waals surface area (Å²) < 4.78 is 34.3. The molecule has 0 N–H and O–H groups in total. The Kier molecular flexibility index (Phi) is 65.2. The van der Waals surface area contributed by atoms with E-state index in [2.05, 4.69) is 184 Å². The number of ether oxygens (including phenoxy) is 2. The summed E-state index contributed by atoms with van der Waals surface area (Å²) in [6.45, 7) is 4.00. The van der Waals surface area contributed by atoms with E-state index in [9.17, 15) is 19.0 Å². The molecule has 10 heteroatoms. The molecule has 0 bridgehead atoms. The minimum absolute atomic E-state index is 0.0399. The van der Waals surface area contributed by atoms with Gasteiger partial charge in [0.05, 0.1) is 27.7 Å². The maximum Gasteiger partial charge on any atom is 0.306 e. The van der Waals surface area contributed by atoms with Gasteiger partial charge in [0.25, 0.3) is 7.82 Å². The van der Waals surface area contributed by atoms with Crippen molar-refractivity contribution in [2.75, 3.05) is 47.5 Å². The third-order valence-corrected chi connectivity index (χ3v) is 15.7. The fourth-order valence-corrected chi connectivity index (χ4v) is 10.1. The Balaban J connectivity index is 4.11. The molecule has 0 aromatic heterocycles. The highest BCUT2D eigenvalue weighted by Crippen LogP contribution is 2.38. The van der Waals surface area contributed by atoms with Crippen LogP contribution in [-0.4, -0.2) is 70.0 Å². The minimum Gasteiger partial charge on any atom is -0.756 e. The number of nitrogens with zero attached hydrogens (tertiary/aromatic N) is 1. The molecule has 0 aliphatic rings. The first-order valence-electron chi connectivity index (χ1n) is 35.8. The van der Waals surface area contributed by atoms with E-state index in [-0.39, 0.29) is 26.1 Å². The maximum atomic E-state index is 12.9. The summed E-state index contributed by atoms with van der Waals surface area (Å²) in [7, 11) is 1.15. The van der Waals surface area contributed by atoms with Crippen LogP contribution in [-0.2, 0) is 32.7 Å². The standard InChI is InChI=1S/C80H132NO8P/c1-6-8-10-12-14-16-18-20-22-24-26-28-30-32-34-36-38-40-42-44-46-48-50-52-54-56-58-60-62-64-66-68-70-72-79(82)86-76-78(77-88-90(84,85)87-75-74-81(3,4)5)89-80(83)73-71-69-67-65-63-61-59-57-55-53-51-49-47-45-43-41-39-37-35-33-31-29-27-25-23-21-19-17-15-13-11-9-7-2/h8-11,14-17,20-23,26-29,32-35,38-41,44-47,78H,6-7,12-13,18-19,24-25,30-31,36-37,42-43,48-77H2,1-5H3/b10-8-,11-9-,16-14-,17-15-,22-20-,23-21-,28-26-,29-27-,34-32-,35-33-,40-38-,41-39-,46-44-,47-45-. The quantitative estimate of drug-likeness (QED) is 0.0195. The second-order valence-corrected chi connectivity index (χ2v) is 25.9. The van der Waals surface area contributed by atoms with Crippen molar-refractivity contribution in [2.24, 2.45) is 0 Å². The molecule has 0 aromatic carbocycles. The Hall–Kier alpha value is -4.63. The Morgan fingerprint density at radius 2 is 0.600 bits per heavy atom. The Morgan fingerprint density at radius 3 is 0.889 bits per heavy atom. The van der Waals surface area contributed by atoms with E-state index >= 15 is 0 Å². The predicted molar refractivity (Wildman–Crippen MR) is 387 cm³/mol. The fourth-order valence-electron chi connectivity index (χ4n) is 9.32. The lowest BCUT2D eigenvalue weighted by Gasteiger charge is -2.28. The van der Waals surface area contributed by atoms with Gasteiger partial charge in [0.15, 0.2) is 6.10 Å². The molecule has 0 aromatic rings. The fraction of sp³-hybridized carbons (Fsp3) is 0.625. The number of hydrogen-bond acceptors (Lipinski definition) is 8. The molecule has 9 nitrogen and oxygen atoms in total. The number of unbranched alkanes of at least 4 members (excludes halogenated alkanes) is 22. The molecule has 0 radical (unpaired) electrons. The van der Waals surface area contributed by atoms with Crippen LogP contribution in [0.4, 0.5) is 0 Å². The molecule has 0 aliphatic carbocycles. The average molecular weight is 1270 g/mol. The highest BCUT2D eigenvalue weighted by molar-refractivity contribution is 7.45. The zero-order valence-corrected chi connectivity index (χ0v) is 58.9. The van der Waals surface area contributed by atoms with Crippen LogP contribution in [0.15, 0.2) is 170 Å². The second-order valence-electron chi connectivity index (χ2n) is 24.5. The van der Waals surface area contributed by atoms with Crippen molar-refractivity contribution in [2.45, 2.75) is 277 Å². The molecule has 510 valence electrons. The molecule has 0 heterocycles. The molecule has 0 amide bonds. The van der Waals surface area contributed by atoms with Crippen LogP contribution >= 0.6 is 7.82 Å². The lowest BCUT2D eigenvalue weighted by molar-refractivity contribution is -0.870. The van der Waals surface area contributed by atoms with Crippen LogP contribution in [0.2, 0.25) is 0 Å². The smallest absolute Gasteiger partial charge is 0.306 e. The van der Waals surface area contributed by atoms with Crippen molar-refractivity contribution >= 4 is 19.8 Å². The molecule has 2 atom stereocenters. The van der Waals surface area contributed by atoms with Gasteiger partial charge in [-0.3, -0.25) is 14.2 Å². The Labute approximate surface area is 553 Å². The zero-order chi connectivity index (χ0) is 65.5. The van der Waals surface area contributed by atoms with Crippen molar-refractivity contribution < 1.29 is 42.1 Å². The molecule has 2 unspecified atom stereocenters. The van der Waals surface area contributed by atoms with E-state index in [1.165, 1.54) is 89.9 Å². The first kappa shape index (κ1) is 85.4. The van der Waals surface area contributed by atoms with Gasteiger partial charge < -0.3 is 27.9 Å². The molecular weight excluding hydrogens is 1130 g/mol. The van der Waals surface area contributed by atoms with Crippen LogP contribution in [0.3, 0.4) is 0 Å². The number of phosphoric ester groups is 1. The van der Waals surface area contributed by atoms with Gasteiger partial charge in [-0.05, 0) is 128 Å². The molecule has 90 heavy (non-hydrogen) atoms. The van der Waals surface area contributed by atoms with E-state index in [1.54, 1.807) is 0 Å². The minimum atomic E-state index is -4.66. The average Bonchev–Trinajstić information content (AvgIpc) is 3.56. The lowest BCUT2D eigenvalue weighted by atomic mass is 10.0. The Bertz CT molecular complexity index is 2130. The van der Waals surface area contributed by atoms with Crippen LogP contribution in [0.1, 0.15) is 271 Å². The number of carbonyl (C=O) groups excluding carboxylic acids is 2. The SMILES string of the molecule is CC/C=C\C/C=C\C/C=C\C/C=C\C/C=C\C/C=C\C/C=C\CCCCCCCCCCCCCC(=O)OCC(COP(=O)([O-])OCC[N+](C)(C)C)OC(=O)CCCCCCCCCCCCC/C=C\C/C=C\C/C=C\C/C=C\C/C=C\C/C=C\C/C=C\CC. The van der Waals surface area contributed by atoms with E-state index in [1.807, 2.05) is 21.1 Å². The van der Waals surface area contributed by atoms with E-state index in [4.69, 9.17) is 18.5 Å². The Morgan fingerprint density at radius 1 is 0.344 bits per heavy atom. The number of quaternary nitrogens is 1. The van der Waals surface area contributed by atoms with Crippen LogP contribution in [0, 0.1) is 0 Å². The number of allylic oxidation sites excluding steroid dienone is 28. The summed E-state index contributed by atoms with van der Waals surface area (Å²) in [5.41, 5.74) is 0. The van der Waals surface area contributed by atoms with Crippen molar-refractivity contribution in [1.29, 1.82) is 0 Å². The van der Waals surface area contributed by atoms with Crippen molar-refractivity contribution in [3.8, 4) is 0 Å². The molecule has 0 rings (SSSR count). The number of phosphoric acid groups is 1. The van der Waals surface area contributed by atoms with E-state index in [0.717, 1.165) is 148 Å². The van der Waals surface area contributed by atoms with Gasteiger partial charge in [-0.1, -0.05) is 300 Å². The lowest BCUT2D eigenvalue weighted by Crippen LogP contribution is -2.37. The van der Waals surface area contributed by atoms with Crippen molar-refractivity contribution in [1.82, 2.24) is 0 Å². The predicted octanol–water partition coefficient (Wildman–Crippen LogP) is 23.1. The topological polar surface area (TPSA) is 111 Å². The normalized spacial score (nSPS) is 14.2. The van der Waals surface area contributed by atoms with Gasteiger partial charge in [0.2, 0.25) is 0 Å². The van der Waals surface area contributed by atoms with Gasteiger partial charge in [0, 0.05) is 12.8 Å². The van der Waals surface area contributed by atoms with Gasteiger partial charge in [-0.2, -0.15) is 0 Å². The van der Waals surface area contributed by atoms with E-state index in [0.29, 0.717) is 17.4 Å². The molecule has 0 saturated heterocycles. The molecule has 0 saturated carbocycles. The highest BCUT2D eigenvalue weighted by atomic mass is 31.2. The first-order valence-corrected chi connectivity index (χ1v) is 37.3. The maximum absolute atomic E-state index is 12.9. The number of hydrogen-bond donors (Lipinski definition) is 0. The third-order valence-electron chi connectivity index (χ3n) is 14.7. The van der Waals surface area contributed by atoms with E-state index < -0.39 is 32.5 Å². The summed E-state index contributed by atoms with van der Waals surface area (Å²) in [6, 6.07) is 0. The summed E-state index contributed by atoms with van der Waals surface area (Å²) in [4.78, 5) is 38.1. The number of likely N-dealkylation sites (N-methyl/N-ethyl adjacent to an activating group) is 1. The second kappa shape index (κ2) is 68.7. The first-order chi connectivity index (χ1) is 44.0. The largest absolute Gasteiger partial charge is 0.756 e. The zero-order valence-electron chi connectivity index (χ0n) is 58.0. The molecule has 0 spiro atoms. The molecular formula is C80H132NO8P. The third kappa shape index (κ3) is 72.4. The summed E-state index contributed by atoms with van der Waals surface area (Å²) in [5, 5.41) is 0. The summed E-state index contributed by atoms with van der Waals surface area (Å²) in [6.07, 6.45) is 104. The van der Waals surface area contributed by atoms with Crippen LogP contribution < -0.4 is 4.89 Å². The van der Waals surface area contributed by atoms with Crippen LogP contribution in [0.5, 0.6) is 0 Å². The molecule has 0 fully saturated rings. The number of esters is 2. The number of rotatable bonds is 64. The monoisotopic (exact) mass is 1270 g/mol. The summed E-state index contributed by atoms with van der Waals surface area (Å²) >= 11 is 0. The van der Waals surface area contributed by atoms with Gasteiger partial charge in [0.1, 0.15) is 19.8 Å². The van der Waals surface area contributed by atoms with Crippen molar-refractivity contribution in [3.05, 3.63) is 170 Å². The van der Waals surface area contributed by atoms with Crippen molar-refractivity contribution in [3.63, 3.8) is 0 Å². The van der Waals surface area contributed by atoms with Gasteiger partial charge in [-0.15, -0.1) is 0 Å². The summed E-state index contributed by atoms with van der Waals surface area (Å²) in [5.74, 6) is -0.847. The van der Waals surface area contributed by atoms with Crippen LogP contribution in [0.25, 0.3) is 0 Å².